The SMILES string of the molecule is Cc1cscc1-c1nc2c(N)cccc2o1. The molecule has 2 N–H and O–H groups in total. The molecule has 2 heterocycles. The second-order valence-electron chi connectivity index (χ2n) is 3.68. The van der Waals surface area contributed by atoms with Gasteiger partial charge in [0.15, 0.2) is 5.58 Å². The molecule has 0 aliphatic carbocycles. The van der Waals surface area contributed by atoms with E-state index in [1.54, 1.807) is 11.3 Å². The van der Waals surface area contributed by atoms with Gasteiger partial charge in [-0.2, -0.15) is 11.3 Å². The minimum absolute atomic E-state index is 0.645. The number of aryl methyl sites for hydroxylation is 1. The Bertz CT molecular complexity index is 654. The highest BCUT2D eigenvalue weighted by molar-refractivity contribution is 7.08. The maximum absolute atomic E-state index is 5.84. The summed E-state index contributed by atoms with van der Waals surface area (Å²) in [5.41, 5.74) is 10.2. The number of aromatic nitrogens is 1. The first kappa shape index (κ1) is 9.42. The quantitative estimate of drug-likeness (QED) is 0.651. The van der Waals surface area contributed by atoms with Crippen molar-refractivity contribution >= 4 is 28.1 Å². The maximum atomic E-state index is 5.84. The summed E-state index contributed by atoms with van der Waals surface area (Å²) >= 11 is 1.64. The van der Waals surface area contributed by atoms with E-state index in [1.807, 2.05) is 30.5 Å². The van der Waals surface area contributed by atoms with Gasteiger partial charge in [0, 0.05) is 5.38 Å². The van der Waals surface area contributed by atoms with Gasteiger partial charge in [-0.25, -0.2) is 4.98 Å². The van der Waals surface area contributed by atoms with Crippen LogP contribution in [0.5, 0.6) is 0 Å². The second-order valence-corrected chi connectivity index (χ2v) is 4.43. The van der Waals surface area contributed by atoms with E-state index in [2.05, 4.69) is 10.4 Å². The van der Waals surface area contributed by atoms with E-state index in [0.29, 0.717) is 11.6 Å². The second kappa shape index (κ2) is 3.35. The molecule has 80 valence electrons. The third kappa shape index (κ3) is 1.31. The summed E-state index contributed by atoms with van der Waals surface area (Å²) in [5, 5.41) is 4.11. The van der Waals surface area contributed by atoms with Gasteiger partial charge in [-0.15, -0.1) is 0 Å². The van der Waals surface area contributed by atoms with Crippen LogP contribution in [-0.2, 0) is 0 Å². The van der Waals surface area contributed by atoms with Crippen molar-refractivity contribution in [3.63, 3.8) is 0 Å². The van der Waals surface area contributed by atoms with Crippen LogP contribution in [0.15, 0.2) is 33.4 Å². The van der Waals surface area contributed by atoms with Crippen LogP contribution in [-0.4, -0.2) is 4.98 Å². The molecule has 0 bridgehead atoms. The smallest absolute Gasteiger partial charge is 0.228 e. The van der Waals surface area contributed by atoms with E-state index in [4.69, 9.17) is 10.2 Å². The first-order chi connectivity index (χ1) is 7.75. The number of para-hydroxylation sites is 1. The predicted octanol–water partition coefficient (Wildman–Crippen LogP) is 3.45. The van der Waals surface area contributed by atoms with Crippen molar-refractivity contribution in [1.82, 2.24) is 4.98 Å². The van der Waals surface area contributed by atoms with E-state index >= 15 is 0 Å². The number of hydrogen-bond donors (Lipinski definition) is 1. The van der Waals surface area contributed by atoms with Crippen molar-refractivity contribution in [2.75, 3.05) is 5.73 Å². The average molecular weight is 230 g/mol. The highest BCUT2D eigenvalue weighted by atomic mass is 32.1. The molecule has 0 atom stereocenters. The number of nitrogens with zero attached hydrogens (tertiary/aromatic N) is 1. The Morgan fingerprint density at radius 3 is 2.88 bits per heavy atom. The molecule has 1 aromatic carbocycles. The van der Waals surface area contributed by atoms with Gasteiger partial charge >= 0.3 is 0 Å². The lowest BCUT2D eigenvalue weighted by atomic mass is 10.2. The fraction of sp³-hybridized carbons (Fsp3) is 0.0833. The van der Waals surface area contributed by atoms with Gasteiger partial charge in [0.25, 0.3) is 0 Å². The van der Waals surface area contributed by atoms with Crippen LogP contribution in [0.25, 0.3) is 22.6 Å². The van der Waals surface area contributed by atoms with Crippen molar-refractivity contribution in [3.8, 4) is 11.5 Å². The Balaban J connectivity index is 2.27. The van der Waals surface area contributed by atoms with Gasteiger partial charge in [-0.1, -0.05) is 6.07 Å². The van der Waals surface area contributed by atoms with Crippen LogP contribution in [0.2, 0.25) is 0 Å². The molecule has 0 amide bonds. The van der Waals surface area contributed by atoms with E-state index in [0.717, 1.165) is 16.7 Å². The van der Waals surface area contributed by atoms with Crippen molar-refractivity contribution < 1.29 is 4.42 Å². The zero-order chi connectivity index (χ0) is 11.1. The largest absolute Gasteiger partial charge is 0.436 e. The lowest BCUT2D eigenvalue weighted by molar-refractivity contribution is 0.619. The average Bonchev–Trinajstić information content (AvgIpc) is 2.84. The Labute approximate surface area is 96.5 Å². The number of fused-ring (bicyclic) bond motifs is 1. The molecule has 3 nitrogen and oxygen atoms in total. The molecule has 0 saturated heterocycles. The molecular weight excluding hydrogens is 220 g/mol. The summed E-state index contributed by atoms with van der Waals surface area (Å²) in [4.78, 5) is 4.43. The summed E-state index contributed by atoms with van der Waals surface area (Å²) in [5.74, 6) is 0.645. The summed E-state index contributed by atoms with van der Waals surface area (Å²) < 4.78 is 5.69. The summed E-state index contributed by atoms with van der Waals surface area (Å²) in [6, 6.07) is 5.58. The molecule has 3 aromatic rings. The molecule has 0 saturated carbocycles. The topological polar surface area (TPSA) is 52.0 Å². The minimum Gasteiger partial charge on any atom is -0.436 e. The van der Waals surface area contributed by atoms with Gasteiger partial charge in [0.2, 0.25) is 5.89 Å². The molecule has 3 rings (SSSR count). The summed E-state index contributed by atoms with van der Waals surface area (Å²) in [7, 11) is 0. The number of nitrogens with two attached hydrogens (primary N) is 1. The lowest BCUT2D eigenvalue weighted by Crippen LogP contribution is -1.85. The molecule has 0 unspecified atom stereocenters. The minimum atomic E-state index is 0.645. The molecule has 0 aliphatic heterocycles. The molecule has 2 aromatic heterocycles. The zero-order valence-electron chi connectivity index (χ0n) is 8.73. The lowest BCUT2D eigenvalue weighted by Gasteiger charge is -1.90. The number of nitrogen functional groups attached to an aromatic ring is 1. The van der Waals surface area contributed by atoms with Crippen molar-refractivity contribution in [1.29, 1.82) is 0 Å². The standard InChI is InChI=1S/C12H10N2OS/c1-7-5-16-6-8(7)12-14-11-9(13)3-2-4-10(11)15-12/h2-6H,13H2,1H3. The third-order valence-corrected chi connectivity index (χ3v) is 3.40. The molecule has 0 aliphatic rings. The van der Waals surface area contributed by atoms with Crippen LogP contribution in [0, 0.1) is 6.92 Å². The highest BCUT2D eigenvalue weighted by Crippen LogP contribution is 2.30. The van der Waals surface area contributed by atoms with Gasteiger partial charge in [-0.05, 0) is 30.0 Å². The molecular formula is C12H10N2OS. The van der Waals surface area contributed by atoms with Gasteiger partial charge < -0.3 is 10.2 Å². The van der Waals surface area contributed by atoms with Gasteiger partial charge in [0.05, 0.1) is 11.3 Å². The van der Waals surface area contributed by atoms with Crippen molar-refractivity contribution in [2.45, 2.75) is 6.92 Å². The number of rotatable bonds is 1. The Morgan fingerprint density at radius 2 is 2.19 bits per heavy atom. The number of hydrogen-bond acceptors (Lipinski definition) is 4. The molecule has 0 spiro atoms. The highest BCUT2D eigenvalue weighted by Gasteiger charge is 2.12. The molecule has 4 heteroatoms. The predicted molar refractivity (Wildman–Crippen MR) is 66.5 cm³/mol. The number of oxazole rings is 1. The molecule has 0 radical (unpaired) electrons. The van der Waals surface area contributed by atoms with E-state index in [9.17, 15) is 0 Å². The van der Waals surface area contributed by atoms with Gasteiger partial charge in [-0.3, -0.25) is 0 Å². The van der Waals surface area contributed by atoms with Crippen LogP contribution in [0.1, 0.15) is 5.56 Å². The van der Waals surface area contributed by atoms with E-state index in [1.165, 1.54) is 5.56 Å². The fourth-order valence-electron chi connectivity index (χ4n) is 1.66. The summed E-state index contributed by atoms with van der Waals surface area (Å²) in [6.07, 6.45) is 0. The Morgan fingerprint density at radius 1 is 1.31 bits per heavy atom. The number of benzene rings is 1. The number of thiophene rings is 1. The van der Waals surface area contributed by atoms with Crippen molar-refractivity contribution in [3.05, 3.63) is 34.5 Å². The Hall–Kier alpha value is -1.81. The van der Waals surface area contributed by atoms with Crippen LogP contribution >= 0.6 is 11.3 Å². The fourth-order valence-corrected chi connectivity index (χ4v) is 2.49. The maximum Gasteiger partial charge on any atom is 0.228 e. The molecule has 0 fully saturated rings. The Kier molecular flexibility index (Phi) is 1.97. The molecule has 16 heavy (non-hydrogen) atoms. The first-order valence-corrected chi connectivity index (χ1v) is 5.88. The van der Waals surface area contributed by atoms with Gasteiger partial charge in [0.1, 0.15) is 5.52 Å². The number of anilines is 1. The van der Waals surface area contributed by atoms with E-state index in [-0.39, 0.29) is 0 Å². The normalized spacial score (nSPS) is 11.1. The van der Waals surface area contributed by atoms with Crippen molar-refractivity contribution in [2.24, 2.45) is 0 Å². The van der Waals surface area contributed by atoms with Crippen LogP contribution in [0.4, 0.5) is 5.69 Å². The van der Waals surface area contributed by atoms with Crippen LogP contribution in [0.3, 0.4) is 0 Å². The summed E-state index contributed by atoms with van der Waals surface area (Å²) in [6.45, 7) is 2.05. The zero-order valence-corrected chi connectivity index (χ0v) is 9.54. The monoisotopic (exact) mass is 230 g/mol. The van der Waals surface area contributed by atoms with Crippen LogP contribution < -0.4 is 5.73 Å². The third-order valence-electron chi connectivity index (χ3n) is 2.54. The first-order valence-electron chi connectivity index (χ1n) is 4.94. The van der Waals surface area contributed by atoms with E-state index < -0.39 is 0 Å².